The van der Waals surface area contributed by atoms with Gasteiger partial charge in [0.25, 0.3) is 5.91 Å². The maximum atomic E-state index is 12.2. The number of carbonyl (C=O) groups excluding carboxylic acids is 1. The normalized spacial score (nSPS) is 11.8. The molecule has 0 saturated carbocycles. The molecule has 0 spiro atoms. The molecule has 3 nitrogen and oxygen atoms in total. The number of hydrogen-bond donors (Lipinski definition) is 1. The third-order valence-electron chi connectivity index (χ3n) is 3.06. The number of benzene rings is 2. The van der Waals surface area contributed by atoms with E-state index in [4.69, 9.17) is 16.3 Å². The first-order valence-corrected chi connectivity index (χ1v) is 6.69. The van der Waals surface area contributed by atoms with Crippen LogP contribution < -0.4 is 10.1 Å². The molecule has 0 unspecified atom stereocenters. The molecule has 0 aromatic heterocycles. The van der Waals surface area contributed by atoms with Gasteiger partial charge in [0.05, 0.1) is 18.2 Å². The van der Waals surface area contributed by atoms with Crippen LogP contribution in [-0.4, -0.2) is 13.0 Å². The number of methoxy groups -OCH3 is 1. The van der Waals surface area contributed by atoms with Crippen LogP contribution >= 0.6 is 11.6 Å². The molecule has 20 heavy (non-hydrogen) atoms. The van der Waals surface area contributed by atoms with Gasteiger partial charge in [0.2, 0.25) is 0 Å². The van der Waals surface area contributed by atoms with E-state index in [2.05, 4.69) is 5.32 Å². The molecule has 1 N–H and O–H groups in total. The Morgan fingerprint density at radius 2 is 1.90 bits per heavy atom. The van der Waals surface area contributed by atoms with Gasteiger partial charge < -0.3 is 10.1 Å². The largest absolute Gasteiger partial charge is 0.495 e. The quantitative estimate of drug-likeness (QED) is 0.929. The summed E-state index contributed by atoms with van der Waals surface area (Å²) in [6, 6.07) is 14.7. The first-order chi connectivity index (χ1) is 9.61. The van der Waals surface area contributed by atoms with E-state index in [1.54, 1.807) is 25.3 Å². The van der Waals surface area contributed by atoms with Gasteiger partial charge in [-0.05, 0) is 30.7 Å². The molecule has 1 atom stereocenters. The van der Waals surface area contributed by atoms with Gasteiger partial charge in [-0.2, -0.15) is 0 Å². The van der Waals surface area contributed by atoms with Crippen LogP contribution in [0.5, 0.6) is 5.75 Å². The fourth-order valence-corrected chi connectivity index (χ4v) is 2.17. The second kappa shape index (κ2) is 6.44. The minimum Gasteiger partial charge on any atom is -0.495 e. The average Bonchev–Trinajstić information content (AvgIpc) is 2.48. The summed E-state index contributed by atoms with van der Waals surface area (Å²) in [7, 11) is 1.54. The highest BCUT2D eigenvalue weighted by Gasteiger charge is 2.12. The van der Waals surface area contributed by atoms with E-state index in [1.165, 1.54) is 0 Å². The summed E-state index contributed by atoms with van der Waals surface area (Å²) < 4.78 is 5.07. The Bertz CT molecular complexity index is 599. The van der Waals surface area contributed by atoms with Crippen molar-refractivity contribution >= 4 is 17.5 Å². The fourth-order valence-electron chi connectivity index (χ4n) is 1.91. The molecule has 1 amide bonds. The van der Waals surface area contributed by atoms with Crippen molar-refractivity contribution in [2.75, 3.05) is 7.11 Å². The van der Waals surface area contributed by atoms with Gasteiger partial charge in [-0.1, -0.05) is 41.9 Å². The Morgan fingerprint density at radius 1 is 1.20 bits per heavy atom. The summed E-state index contributed by atoms with van der Waals surface area (Å²) in [5.74, 6) is 0.394. The van der Waals surface area contributed by atoms with Crippen molar-refractivity contribution in [3.05, 3.63) is 64.7 Å². The fraction of sp³-hybridized carbons (Fsp3) is 0.188. The van der Waals surface area contributed by atoms with Crippen molar-refractivity contribution in [3.8, 4) is 5.75 Å². The number of rotatable bonds is 4. The Balaban J connectivity index is 2.10. The molecule has 0 aliphatic rings. The molecule has 2 aromatic carbocycles. The number of nitrogens with one attached hydrogen (secondary N) is 1. The predicted molar refractivity (Wildman–Crippen MR) is 80.3 cm³/mol. The number of hydrogen-bond acceptors (Lipinski definition) is 2. The molecule has 0 heterocycles. The summed E-state index contributed by atoms with van der Waals surface area (Å²) in [6.45, 7) is 1.94. The molecule has 0 saturated heterocycles. The Hall–Kier alpha value is -2.00. The number of amides is 1. The monoisotopic (exact) mass is 289 g/mol. The lowest BCUT2D eigenvalue weighted by molar-refractivity contribution is 0.0940. The Labute approximate surface area is 123 Å². The molecule has 104 valence electrons. The number of carbonyl (C=O) groups is 1. The third kappa shape index (κ3) is 3.31. The maximum Gasteiger partial charge on any atom is 0.251 e. The molecule has 4 heteroatoms. The molecule has 0 aliphatic carbocycles. The lowest BCUT2D eigenvalue weighted by Gasteiger charge is -2.14. The van der Waals surface area contributed by atoms with Crippen molar-refractivity contribution in [1.82, 2.24) is 5.32 Å². The summed E-state index contributed by atoms with van der Waals surface area (Å²) >= 11 is 6.02. The Morgan fingerprint density at radius 3 is 2.50 bits per heavy atom. The molecule has 0 radical (unpaired) electrons. The summed E-state index contributed by atoms with van der Waals surface area (Å²) in [6.07, 6.45) is 0. The van der Waals surface area contributed by atoms with Gasteiger partial charge in [0.15, 0.2) is 0 Å². The third-order valence-corrected chi connectivity index (χ3v) is 3.36. The average molecular weight is 290 g/mol. The van der Waals surface area contributed by atoms with Crippen LogP contribution in [0, 0.1) is 0 Å². The second-order valence-corrected chi connectivity index (χ2v) is 4.86. The van der Waals surface area contributed by atoms with Crippen molar-refractivity contribution in [3.63, 3.8) is 0 Å². The van der Waals surface area contributed by atoms with Gasteiger partial charge in [0.1, 0.15) is 5.75 Å². The summed E-state index contributed by atoms with van der Waals surface area (Å²) in [4.78, 5) is 12.2. The smallest absolute Gasteiger partial charge is 0.251 e. The zero-order valence-electron chi connectivity index (χ0n) is 11.4. The zero-order chi connectivity index (χ0) is 14.5. The molecule has 2 aromatic rings. The van der Waals surface area contributed by atoms with Gasteiger partial charge in [-0.15, -0.1) is 0 Å². The van der Waals surface area contributed by atoms with E-state index < -0.39 is 0 Å². The van der Waals surface area contributed by atoms with Crippen LogP contribution in [0.3, 0.4) is 0 Å². The number of ether oxygens (including phenoxy) is 1. The van der Waals surface area contributed by atoms with E-state index in [0.717, 1.165) is 5.56 Å². The van der Waals surface area contributed by atoms with Gasteiger partial charge in [-0.25, -0.2) is 0 Å². The van der Waals surface area contributed by atoms with Crippen LogP contribution in [0.4, 0.5) is 0 Å². The van der Waals surface area contributed by atoms with Crippen LogP contribution in [0.15, 0.2) is 48.5 Å². The van der Waals surface area contributed by atoms with Crippen molar-refractivity contribution in [2.24, 2.45) is 0 Å². The van der Waals surface area contributed by atoms with Crippen LogP contribution in [0.2, 0.25) is 5.02 Å². The van der Waals surface area contributed by atoms with Crippen LogP contribution in [0.25, 0.3) is 0 Å². The lowest BCUT2D eigenvalue weighted by Crippen LogP contribution is -2.26. The first kappa shape index (κ1) is 14.4. The minimum absolute atomic E-state index is 0.0652. The van der Waals surface area contributed by atoms with Crippen LogP contribution in [-0.2, 0) is 0 Å². The standard InChI is InChI=1S/C16H16ClNO2/c1-11(12-6-4-3-5-7-12)18-16(19)13-8-9-15(20-2)14(17)10-13/h3-11H,1-2H3,(H,18,19)/t11-/m1/s1. The minimum atomic E-state index is -0.161. The summed E-state index contributed by atoms with van der Waals surface area (Å²) in [5.41, 5.74) is 1.57. The van der Waals surface area contributed by atoms with Crippen LogP contribution in [0.1, 0.15) is 28.9 Å². The van der Waals surface area contributed by atoms with E-state index in [0.29, 0.717) is 16.3 Å². The second-order valence-electron chi connectivity index (χ2n) is 4.46. The molecular weight excluding hydrogens is 274 g/mol. The molecule has 0 fully saturated rings. The number of halogens is 1. The highest BCUT2D eigenvalue weighted by Crippen LogP contribution is 2.25. The van der Waals surface area contributed by atoms with E-state index in [-0.39, 0.29) is 11.9 Å². The van der Waals surface area contributed by atoms with Crippen molar-refractivity contribution in [1.29, 1.82) is 0 Å². The van der Waals surface area contributed by atoms with E-state index in [1.807, 2.05) is 37.3 Å². The predicted octanol–water partition coefficient (Wildman–Crippen LogP) is 3.84. The molecule has 0 bridgehead atoms. The first-order valence-electron chi connectivity index (χ1n) is 6.31. The maximum absolute atomic E-state index is 12.2. The van der Waals surface area contributed by atoms with Gasteiger partial charge in [0, 0.05) is 5.56 Å². The van der Waals surface area contributed by atoms with Gasteiger partial charge in [-0.3, -0.25) is 4.79 Å². The highest BCUT2D eigenvalue weighted by molar-refractivity contribution is 6.32. The van der Waals surface area contributed by atoms with Gasteiger partial charge >= 0.3 is 0 Å². The topological polar surface area (TPSA) is 38.3 Å². The van der Waals surface area contributed by atoms with Crippen molar-refractivity contribution in [2.45, 2.75) is 13.0 Å². The highest BCUT2D eigenvalue weighted by atomic mass is 35.5. The Kier molecular flexibility index (Phi) is 4.64. The SMILES string of the molecule is COc1ccc(C(=O)N[C@H](C)c2ccccc2)cc1Cl. The molecular formula is C16H16ClNO2. The zero-order valence-corrected chi connectivity index (χ0v) is 12.1. The van der Waals surface area contributed by atoms with Crippen molar-refractivity contribution < 1.29 is 9.53 Å². The lowest BCUT2D eigenvalue weighted by atomic mass is 10.1. The van der Waals surface area contributed by atoms with E-state index >= 15 is 0 Å². The summed E-state index contributed by atoms with van der Waals surface area (Å²) in [5, 5.41) is 3.36. The van der Waals surface area contributed by atoms with E-state index in [9.17, 15) is 4.79 Å². The molecule has 0 aliphatic heterocycles. The molecule has 2 rings (SSSR count).